The van der Waals surface area contributed by atoms with Gasteiger partial charge in [0.15, 0.2) is 5.11 Å². The molecule has 2 heterocycles. The van der Waals surface area contributed by atoms with E-state index >= 15 is 0 Å². The highest BCUT2D eigenvalue weighted by Crippen LogP contribution is 2.32. The van der Waals surface area contributed by atoms with Gasteiger partial charge in [-0.1, -0.05) is 6.07 Å². The number of hydrogen-bond donors (Lipinski definition) is 2. The summed E-state index contributed by atoms with van der Waals surface area (Å²) in [4.78, 5) is 13.3. The average Bonchev–Trinajstić information content (AvgIpc) is 2.94. The molecule has 2 fully saturated rings. The van der Waals surface area contributed by atoms with Crippen molar-refractivity contribution in [3.05, 3.63) is 29.6 Å². The van der Waals surface area contributed by atoms with Gasteiger partial charge >= 0.3 is 6.09 Å². The number of nitrogens with zero attached hydrogens (tertiary/aromatic N) is 1. The van der Waals surface area contributed by atoms with Crippen LogP contribution in [0.5, 0.6) is 0 Å². The first-order valence-corrected chi connectivity index (χ1v) is 9.99. The van der Waals surface area contributed by atoms with Gasteiger partial charge in [0.05, 0.1) is 18.8 Å². The standard InChI is InChI=1S/C16H20FN3O3S2/c17-13-7-11(10-3-5-25(22)6-4-10)1-2-14(13)20-9-12(23-16(20)21)8-19-15(18)24/h1-2,7,10,12H,3-6,8-9H2,(H3,18,19,24)/t10?,12-,25?/m0/s1. The van der Waals surface area contributed by atoms with Crippen LogP contribution in [0.25, 0.3) is 0 Å². The maximum absolute atomic E-state index is 14.6. The molecule has 0 aromatic heterocycles. The minimum atomic E-state index is -0.748. The van der Waals surface area contributed by atoms with Crippen LogP contribution >= 0.6 is 12.2 Å². The summed E-state index contributed by atoms with van der Waals surface area (Å²) in [6.07, 6.45) is 0.559. The minimum Gasteiger partial charge on any atom is -0.442 e. The largest absolute Gasteiger partial charge is 0.442 e. The summed E-state index contributed by atoms with van der Waals surface area (Å²) in [6.45, 7) is 0.517. The molecule has 2 aliphatic heterocycles. The number of amides is 1. The molecular weight excluding hydrogens is 365 g/mol. The van der Waals surface area contributed by atoms with E-state index in [-0.39, 0.29) is 29.8 Å². The highest BCUT2D eigenvalue weighted by molar-refractivity contribution is 7.85. The fraction of sp³-hybridized carbons (Fsp3) is 0.500. The summed E-state index contributed by atoms with van der Waals surface area (Å²) in [5, 5.41) is 2.86. The number of thiocarbonyl (C=S) groups is 1. The van der Waals surface area contributed by atoms with Crippen LogP contribution in [-0.2, 0) is 15.5 Å². The number of ether oxygens (including phenoxy) is 1. The lowest BCUT2D eigenvalue weighted by molar-refractivity contribution is 0.143. The third-order valence-corrected chi connectivity index (χ3v) is 6.03. The lowest BCUT2D eigenvalue weighted by atomic mass is 9.93. The zero-order valence-electron chi connectivity index (χ0n) is 13.6. The van der Waals surface area contributed by atoms with Gasteiger partial charge in [-0.15, -0.1) is 0 Å². The third-order valence-electron chi connectivity index (χ3n) is 4.50. The second-order valence-electron chi connectivity index (χ2n) is 6.19. The smallest absolute Gasteiger partial charge is 0.414 e. The quantitative estimate of drug-likeness (QED) is 0.766. The van der Waals surface area contributed by atoms with Crippen LogP contribution in [0.4, 0.5) is 14.9 Å². The van der Waals surface area contributed by atoms with Crippen molar-refractivity contribution in [2.45, 2.75) is 24.9 Å². The van der Waals surface area contributed by atoms with Crippen molar-refractivity contribution in [3.63, 3.8) is 0 Å². The summed E-state index contributed by atoms with van der Waals surface area (Å²) >= 11 is 4.72. The minimum absolute atomic E-state index is 0.124. The van der Waals surface area contributed by atoms with E-state index in [1.807, 2.05) is 6.07 Å². The molecule has 25 heavy (non-hydrogen) atoms. The van der Waals surface area contributed by atoms with Gasteiger partial charge in [0.1, 0.15) is 11.9 Å². The highest BCUT2D eigenvalue weighted by atomic mass is 32.2. The predicted molar refractivity (Wildman–Crippen MR) is 98.7 cm³/mol. The molecule has 136 valence electrons. The zero-order chi connectivity index (χ0) is 18.0. The van der Waals surface area contributed by atoms with Crippen LogP contribution in [-0.4, -0.2) is 46.1 Å². The summed E-state index contributed by atoms with van der Waals surface area (Å²) in [5.74, 6) is 1.08. The van der Waals surface area contributed by atoms with Crippen molar-refractivity contribution >= 4 is 39.9 Å². The van der Waals surface area contributed by atoms with Crippen molar-refractivity contribution in [1.82, 2.24) is 5.32 Å². The Morgan fingerprint density at radius 3 is 2.80 bits per heavy atom. The molecular formula is C16H20FN3O3S2. The maximum Gasteiger partial charge on any atom is 0.414 e. The number of carbonyl (C=O) groups is 1. The molecule has 3 N–H and O–H groups in total. The van der Waals surface area contributed by atoms with Gasteiger partial charge in [0.2, 0.25) is 0 Å². The lowest BCUT2D eigenvalue weighted by Gasteiger charge is -2.23. The van der Waals surface area contributed by atoms with Crippen molar-refractivity contribution in [2.75, 3.05) is 29.5 Å². The van der Waals surface area contributed by atoms with Crippen molar-refractivity contribution in [3.8, 4) is 0 Å². The van der Waals surface area contributed by atoms with E-state index in [2.05, 4.69) is 5.32 Å². The van der Waals surface area contributed by atoms with Crippen LogP contribution in [0.15, 0.2) is 18.2 Å². The molecule has 2 aliphatic rings. The second kappa shape index (κ2) is 7.65. The van der Waals surface area contributed by atoms with Gasteiger partial charge in [-0.3, -0.25) is 9.11 Å². The average molecular weight is 385 g/mol. The Bertz CT molecular complexity index is 706. The number of nitrogens with two attached hydrogens (primary N) is 1. The Balaban J connectivity index is 1.69. The first-order valence-electron chi connectivity index (χ1n) is 8.10. The third kappa shape index (κ3) is 4.27. The number of cyclic esters (lactones) is 1. The van der Waals surface area contributed by atoms with Crippen molar-refractivity contribution < 1.29 is 18.1 Å². The Morgan fingerprint density at radius 2 is 2.16 bits per heavy atom. The Labute approximate surface area is 153 Å². The van der Waals surface area contributed by atoms with E-state index in [9.17, 15) is 13.4 Å². The molecule has 1 atom stereocenters. The Hall–Kier alpha value is -1.74. The summed E-state index contributed by atoms with van der Waals surface area (Å²) < 4.78 is 31.2. The second-order valence-corrected chi connectivity index (χ2v) is 8.33. The fourth-order valence-corrected chi connectivity index (χ4v) is 4.54. The number of rotatable bonds is 4. The summed E-state index contributed by atoms with van der Waals surface area (Å²) in [5.41, 5.74) is 6.44. The maximum atomic E-state index is 14.6. The normalized spacial score (nSPS) is 26.4. The molecule has 0 unspecified atom stereocenters. The van der Waals surface area contributed by atoms with E-state index in [1.54, 1.807) is 6.07 Å². The first kappa shape index (κ1) is 18.1. The molecule has 1 aromatic rings. The Morgan fingerprint density at radius 1 is 1.44 bits per heavy atom. The number of hydrogen-bond acceptors (Lipinski definition) is 4. The molecule has 6 nitrogen and oxygen atoms in total. The molecule has 1 aromatic carbocycles. The van der Waals surface area contributed by atoms with Gasteiger partial charge in [0.25, 0.3) is 0 Å². The molecule has 0 saturated carbocycles. The summed E-state index contributed by atoms with van der Waals surface area (Å²) in [6, 6.07) is 4.92. The number of halogens is 1. The predicted octanol–water partition coefficient (Wildman–Crippen LogP) is 1.61. The molecule has 2 saturated heterocycles. The molecule has 0 aliphatic carbocycles. The lowest BCUT2D eigenvalue weighted by Crippen LogP contribution is -2.37. The van der Waals surface area contributed by atoms with Gasteiger partial charge in [-0.2, -0.15) is 0 Å². The molecule has 3 rings (SSSR count). The number of carbonyl (C=O) groups excluding carboxylic acids is 1. The van der Waals surface area contributed by atoms with Gasteiger partial charge in [0, 0.05) is 22.3 Å². The van der Waals surface area contributed by atoms with Gasteiger partial charge in [-0.25, -0.2) is 9.18 Å². The van der Waals surface area contributed by atoms with Crippen LogP contribution < -0.4 is 16.0 Å². The zero-order valence-corrected chi connectivity index (χ0v) is 15.2. The summed E-state index contributed by atoms with van der Waals surface area (Å²) in [7, 11) is -0.748. The van der Waals surface area contributed by atoms with Crippen LogP contribution in [0, 0.1) is 5.82 Å². The molecule has 1 amide bonds. The first-order chi connectivity index (χ1) is 11.9. The van der Waals surface area contributed by atoms with Crippen molar-refractivity contribution in [1.29, 1.82) is 0 Å². The van der Waals surface area contributed by atoms with Crippen LogP contribution in [0.3, 0.4) is 0 Å². The topological polar surface area (TPSA) is 84.7 Å². The SMILES string of the molecule is NC(=S)NC[C@H]1CN(c2ccc(C3CCS(=O)CC3)cc2F)C(=O)O1. The monoisotopic (exact) mass is 385 g/mol. The van der Waals surface area contributed by atoms with Crippen LogP contribution in [0.1, 0.15) is 24.3 Å². The van der Waals surface area contributed by atoms with E-state index in [4.69, 9.17) is 22.7 Å². The molecule has 9 heteroatoms. The highest BCUT2D eigenvalue weighted by Gasteiger charge is 2.34. The number of benzene rings is 1. The van der Waals surface area contributed by atoms with Crippen LogP contribution in [0.2, 0.25) is 0 Å². The van der Waals surface area contributed by atoms with Gasteiger partial charge < -0.3 is 15.8 Å². The molecule has 0 spiro atoms. The Kier molecular flexibility index (Phi) is 5.53. The van der Waals surface area contributed by atoms with Gasteiger partial charge in [-0.05, 0) is 48.7 Å². The number of anilines is 1. The van der Waals surface area contributed by atoms with E-state index in [0.717, 1.165) is 18.4 Å². The molecule has 0 radical (unpaired) electrons. The number of nitrogens with one attached hydrogen (secondary N) is 1. The fourth-order valence-electron chi connectivity index (χ4n) is 3.16. The van der Waals surface area contributed by atoms with Crippen molar-refractivity contribution in [2.24, 2.45) is 5.73 Å². The molecule has 0 bridgehead atoms. The van der Waals surface area contributed by atoms with E-state index in [0.29, 0.717) is 11.5 Å². The van der Waals surface area contributed by atoms with E-state index in [1.165, 1.54) is 11.0 Å². The van der Waals surface area contributed by atoms with E-state index < -0.39 is 28.8 Å².